The Labute approximate surface area is 140 Å². The van der Waals surface area contributed by atoms with Gasteiger partial charge in [0.15, 0.2) is 0 Å². The van der Waals surface area contributed by atoms with Gasteiger partial charge in [0.2, 0.25) is 0 Å². The highest BCUT2D eigenvalue weighted by molar-refractivity contribution is 7.11. The molecule has 0 aliphatic rings. The molecule has 0 aliphatic carbocycles. The van der Waals surface area contributed by atoms with Gasteiger partial charge in [0.1, 0.15) is 0 Å². The third-order valence-electron chi connectivity index (χ3n) is 3.71. The number of hydrogen-bond acceptors (Lipinski definition) is 4. The number of rotatable bonds is 5. The molecule has 2 unspecified atom stereocenters. The maximum atomic E-state index is 12.4. The first-order chi connectivity index (χ1) is 10.4. The second-order valence-corrected chi connectivity index (χ2v) is 7.67. The quantitative estimate of drug-likeness (QED) is 0.890. The molecule has 0 bridgehead atoms. The molecule has 0 saturated carbocycles. The summed E-state index contributed by atoms with van der Waals surface area (Å²) in [5.41, 5.74) is 2.28. The number of amides is 2. The molecule has 2 amide bonds. The molecule has 6 heteroatoms. The monoisotopic (exact) mass is 337 g/mol. The molecule has 2 atom stereocenters. The number of aromatic nitrogens is 1. The van der Waals surface area contributed by atoms with Gasteiger partial charge in [0.05, 0.1) is 16.7 Å². The molecule has 0 spiro atoms. The van der Waals surface area contributed by atoms with E-state index >= 15 is 0 Å². The topological polar surface area (TPSA) is 45.2 Å². The Hall–Kier alpha value is -1.40. The first-order valence-corrected chi connectivity index (χ1v) is 9.12. The van der Waals surface area contributed by atoms with Gasteiger partial charge in [-0.2, -0.15) is 11.3 Å². The lowest BCUT2D eigenvalue weighted by Gasteiger charge is -2.26. The van der Waals surface area contributed by atoms with Crippen molar-refractivity contribution in [3.8, 4) is 0 Å². The minimum atomic E-state index is -0.0410. The van der Waals surface area contributed by atoms with Crippen molar-refractivity contribution in [2.45, 2.75) is 46.2 Å². The van der Waals surface area contributed by atoms with Gasteiger partial charge in [-0.15, -0.1) is 11.3 Å². The van der Waals surface area contributed by atoms with E-state index in [2.05, 4.69) is 27.1 Å². The van der Waals surface area contributed by atoms with Crippen LogP contribution in [0, 0.1) is 13.8 Å². The SMILES string of the molecule is Cc1nc(C)c(C(C)N(C)C(=O)NC(C)Cc2ccsc2)s1. The van der Waals surface area contributed by atoms with Crippen LogP contribution in [0.5, 0.6) is 0 Å². The minimum absolute atomic E-state index is 0.0274. The zero-order valence-corrected chi connectivity index (χ0v) is 15.3. The van der Waals surface area contributed by atoms with Gasteiger partial charge in [-0.1, -0.05) is 0 Å². The largest absolute Gasteiger partial charge is 0.335 e. The minimum Gasteiger partial charge on any atom is -0.335 e. The molecule has 22 heavy (non-hydrogen) atoms. The number of carbonyl (C=O) groups excluding carboxylic acids is 1. The van der Waals surface area contributed by atoms with Crippen molar-refractivity contribution in [1.29, 1.82) is 0 Å². The fourth-order valence-electron chi connectivity index (χ4n) is 2.41. The maximum absolute atomic E-state index is 12.4. The summed E-state index contributed by atoms with van der Waals surface area (Å²) in [6.07, 6.45) is 0.857. The van der Waals surface area contributed by atoms with E-state index in [0.29, 0.717) is 0 Å². The predicted octanol–water partition coefficient (Wildman–Crippen LogP) is 4.16. The molecule has 120 valence electrons. The van der Waals surface area contributed by atoms with Crippen molar-refractivity contribution in [1.82, 2.24) is 15.2 Å². The van der Waals surface area contributed by atoms with Crippen LogP contribution in [0.4, 0.5) is 4.79 Å². The van der Waals surface area contributed by atoms with Gasteiger partial charge in [-0.3, -0.25) is 0 Å². The Morgan fingerprint density at radius 3 is 2.68 bits per heavy atom. The van der Waals surface area contributed by atoms with E-state index in [-0.39, 0.29) is 18.1 Å². The third-order valence-corrected chi connectivity index (χ3v) is 5.69. The van der Waals surface area contributed by atoms with E-state index in [1.54, 1.807) is 27.6 Å². The lowest BCUT2D eigenvalue weighted by atomic mass is 10.1. The van der Waals surface area contributed by atoms with Gasteiger partial charge in [0, 0.05) is 18.0 Å². The Bertz CT molecular complexity index is 621. The average molecular weight is 338 g/mol. The van der Waals surface area contributed by atoms with E-state index in [1.807, 2.05) is 34.7 Å². The van der Waals surface area contributed by atoms with E-state index in [4.69, 9.17) is 0 Å². The summed E-state index contributed by atoms with van der Waals surface area (Å²) in [7, 11) is 1.84. The fourth-order valence-corrected chi connectivity index (χ4v) is 4.12. The van der Waals surface area contributed by atoms with Gasteiger partial charge in [-0.05, 0) is 56.5 Å². The number of urea groups is 1. The number of aryl methyl sites for hydroxylation is 2. The fraction of sp³-hybridized carbons (Fsp3) is 0.500. The van der Waals surface area contributed by atoms with Crippen LogP contribution in [0.25, 0.3) is 0 Å². The molecule has 0 aromatic carbocycles. The van der Waals surface area contributed by atoms with Crippen molar-refractivity contribution in [2.24, 2.45) is 0 Å². The number of hydrogen-bond donors (Lipinski definition) is 1. The number of nitrogens with one attached hydrogen (secondary N) is 1. The summed E-state index contributed by atoms with van der Waals surface area (Å²) in [6.45, 7) is 8.08. The predicted molar refractivity (Wildman–Crippen MR) is 93.8 cm³/mol. The smallest absolute Gasteiger partial charge is 0.317 e. The Morgan fingerprint density at radius 2 is 2.14 bits per heavy atom. The second-order valence-electron chi connectivity index (χ2n) is 5.66. The van der Waals surface area contributed by atoms with Crippen LogP contribution >= 0.6 is 22.7 Å². The summed E-state index contributed by atoms with van der Waals surface area (Å²) in [5.74, 6) is 0. The van der Waals surface area contributed by atoms with Crippen molar-refractivity contribution in [3.05, 3.63) is 38.0 Å². The molecule has 0 radical (unpaired) electrons. The first-order valence-electron chi connectivity index (χ1n) is 7.36. The highest BCUT2D eigenvalue weighted by atomic mass is 32.1. The van der Waals surface area contributed by atoms with Crippen LogP contribution in [0.3, 0.4) is 0 Å². The molecule has 2 aromatic rings. The van der Waals surface area contributed by atoms with Crippen molar-refractivity contribution in [3.63, 3.8) is 0 Å². The molecular formula is C16H23N3OS2. The van der Waals surface area contributed by atoms with Gasteiger partial charge < -0.3 is 10.2 Å². The second kappa shape index (κ2) is 7.24. The average Bonchev–Trinajstić information content (AvgIpc) is 3.06. The number of thiophene rings is 1. The van der Waals surface area contributed by atoms with E-state index in [0.717, 1.165) is 22.0 Å². The van der Waals surface area contributed by atoms with Crippen LogP contribution < -0.4 is 5.32 Å². The molecule has 0 saturated heterocycles. The first kappa shape index (κ1) is 17.0. The summed E-state index contributed by atoms with van der Waals surface area (Å²) in [4.78, 5) is 19.8. The molecule has 4 nitrogen and oxygen atoms in total. The summed E-state index contributed by atoms with van der Waals surface area (Å²) < 4.78 is 0. The van der Waals surface area contributed by atoms with E-state index < -0.39 is 0 Å². The molecule has 0 aliphatic heterocycles. The number of carbonyl (C=O) groups is 1. The van der Waals surface area contributed by atoms with E-state index in [9.17, 15) is 4.79 Å². The van der Waals surface area contributed by atoms with Crippen molar-refractivity contribution in [2.75, 3.05) is 7.05 Å². The maximum Gasteiger partial charge on any atom is 0.317 e. The standard InChI is InChI=1S/C16H23N3OS2/c1-10(8-14-6-7-21-9-14)17-16(20)19(5)12(3)15-11(2)18-13(4)22-15/h6-7,9-10,12H,8H2,1-5H3,(H,17,20). The summed E-state index contributed by atoms with van der Waals surface area (Å²) in [6, 6.07) is 2.20. The summed E-state index contributed by atoms with van der Waals surface area (Å²) >= 11 is 3.34. The molecule has 2 aromatic heterocycles. The van der Waals surface area contributed by atoms with Crippen LogP contribution in [0.15, 0.2) is 16.8 Å². The third kappa shape index (κ3) is 4.08. The van der Waals surface area contributed by atoms with Crippen molar-refractivity contribution >= 4 is 28.7 Å². The Kier molecular flexibility index (Phi) is 5.58. The highest BCUT2D eigenvalue weighted by Crippen LogP contribution is 2.28. The van der Waals surface area contributed by atoms with Gasteiger partial charge in [-0.25, -0.2) is 9.78 Å². The van der Waals surface area contributed by atoms with Crippen LogP contribution in [-0.4, -0.2) is 29.0 Å². The molecule has 1 N–H and O–H groups in total. The van der Waals surface area contributed by atoms with E-state index in [1.165, 1.54) is 5.56 Å². The van der Waals surface area contributed by atoms with Crippen LogP contribution in [0.2, 0.25) is 0 Å². The van der Waals surface area contributed by atoms with Crippen LogP contribution in [-0.2, 0) is 6.42 Å². The lowest BCUT2D eigenvalue weighted by Crippen LogP contribution is -2.43. The molecule has 0 fully saturated rings. The highest BCUT2D eigenvalue weighted by Gasteiger charge is 2.22. The molecule has 2 heterocycles. The Morgan fingerprint density at radius 1 is 1.41 bits per heavy atom. The zero-order chi connectivity index (χ0) is 16.3. The van der Waals surface area contributed by atoms with Gasteiger partial charge >= 0.3 is 6.03 Å². The molecule has 2 rings (SSSR count). The Balaban J connectivity index is 1.95. The van der Waals surface area contributed by atoms with Crippen molar-refractivity contribution < 1.29 is 4.79 Å². The lowest BCUT2D eigenvalue weighted by molar-refractivity contribution is 0.191. The normalized spacial score (nSPS) is 13.7. The number of nitrogens with zero attached hydrogens (tertiary/aromatic N) is 2. The van der Waals surface area contributed by atoms with Gasteiger partial charge in [0.25, 0.3) is 0 Å². The van der Waals surface area contributed by atoms with Crippen LogP contribution in [0.1, 0.15) is 41.0 Å². The summed E-state index contributed by atoms with van der Waals surface area (Å²) in [5, 5.41) is 8.30. The number of thiazole rings is 1. The zero-order valence-electron chi connectivity index (χ0n) is 13.7. The molecular weight excluding hydrogens is 314 g/mol.